The van der Waals surface area contributed by atoms with E-state index in [2.05, 4.69) is 24.4 Å². The van der Waals surface area contributed by atoms with E-state index in [0.717, 1.165) is 6.42 Å². The smallest absolute Gasteiger partial charge is 0.242 e. The van der Waals surface area contributed by atoms with Crippen LogP contribution in [0.3, 0.4) is 0 Å². The average Bonchev–Trinajstić information content (AvgIpc) is 2.40. The summed E-state index contributed by atoms with van der Waals surface area (Å²) in [7, 11) is 0. The van der Waals surface area contributed by atoms with E-state index < -0.39 is 0 Å². The first-order chi connectivity index (χ1) is 8.66. The highest BCUT2D eigenvalue weighted by molar-refractivity contribution is 5.92. The molecule has 1 unspecified atom stereocenters. The summed E-state index contributed by atoms with van der Waals surface area (Å²) in [6.45, 7) is 3.12. The Hall–Kier alpha value is -1.84. The first-order valence-corrected chi connectivity index (χ1v) is 6.26. The first-order valence-electron chi connectivity index (χ1n) is 6.26. The molecular weight excluding hydrogens is 228 g/mol. The maximum absolute atomic E-state index is 11.6. The van der Waals surface area contributed by atoms with Crippen LogP contribution in [-0.4, -0.2) is 36.3 Å². The van der Waals surface area contributed by atoms with Crippen molar-refractivity contribution in [2.75, 3.05) is 19.6 Å². The Balaban J connectivity index is 1.87. The summed E-state index contributed by atoms with van der Waals surface area (Å²) in [4.78, 5) is 24.5. The molecule has 1 aliphatic rings. The van der Waals surface area contributed by atoms with Gasteiger partial charge < -0.3 is 10.2 Å². The highest BCUT2D eigenvalue weighted by Gasteiger charge is 2.23. The molecule has 1 aliphatic heterocycles. The average molecular weight is 246 g/mol. The Morgan fingerprint density at radius 2 is 2.00 bits per heavy atom. The standard InChI is InChI=1S/C14H18N2O2/c1-11(12-5-3-2-4-6-12)7-8-16-10-13(17)15-9-14(16)18/h2-6,11H,7-10H2,1H3,(H,15,17). The van der Waals surface area contributed by atoms with Crippen LogP contribution in [0.1, 0.15) is 24.8 Å². The lowest BCUT2D eigenvalue weighted by molar-refractivity contribution is -0.140. The van der Waals surface area contributed by atoms with Crippen molar-refractivity contribution >= 4 is 11.8 Å². The van der Waals surface area contributed by atoms with Crippen LogP contribution in [0.2, 0.25) is 0 Å². The highest BCUT2D eigenvalue weighted by atomic mass is 16.2. The van der Waals surface area contributed by atoms with Crippen molar-refractivity contribution in [2.45, 2.75) is 19.3 Å². The zero-order valence-electron chi connectivity index (χ0n) is 10.6. The third-order valence-electron chi connectivity index (χ3n) is 3.32. The molecule has 1 aromatic carbocycles. The number of rotatable bonds is 4. The molecule has 0 bridgehead atoms. The normalized spacial score (nSPS) is 17.5. The molecule has 0 aliphatic carbocycles. The molecule has 1 atom stereocenters. The Labute approximate surface area is 107 Å². The third-order valence-corrected chi connectivity index (χ3v) is 3.32. The van der Waals surface area contributed by atoms with E-state index >= 15 is 0 Å². The second-order valence-electron chi connectivity index (χ2n) is 4.69. The van der Waals surface area contributed by atoms with Crippen LogP contribution < -0.4 is 5.32 Å². The van der Waals surface area contributed by atoms with Crippen LogP contribution in [-0.2, 0) is 9.59 Å². The van der Waals surface area contributed by atoms with E-state index in [4.69, 9.17) is 0 Å². The molecule has 0 spiro atoms. The van der Waals surface area contributed by atoms with Gasteiger partial charge in [0.2, 0.25) is 11.8 Å². The number of hydrogen-bond acceptors (Lipinski definition) is 2. The monoisotopic (exact) mass is 246 g/mol. The number of nitrogens with one attached hydrogen (secondary N) is 1. The second kappa shape index (κ2) is 5.67. The van der Waals surface area contributed by atoms with E-state index in [1.54, 1.807) is 4.90 Å². The zero-order chi connectivity index (χ0) is 13.0. The van der Waals surface area contributed by atoms with Crippen molar-refractivity contribution < 1.29 is 9.59 Å². The lowest BCUT2D eigenvalue weighted by Gasteiger charge is -2.27. The number of amides is 2. The summed E-state index contributed by atoms with van der Waals surface area (Å²) >= 11 is 0. The number of nitrogens with zero attached hydrogens (tertiary/aromatic N) is 1. The Morgan fingerprint density at radius 1 is 1.28 bits per heavy atom. The predicted octanol–water partition coefficient (Wildman–Crippen LogP) is 1.14. The van der Waals surface area contributed by atoms with Crippen molar-refractivity contribution in [3.8, 4) is 0 Å². The van der Waals surface area contributed by atoms with Crippen molar-refractivity contribution in [1.82, 2.24) is 10.2 Å². The SMILES string of the molecule is CC(CCN1CC(=O)NCC1=O)c1ccccc1. The van der Waals surface area contributed by atoms with Gasteiger partial charge in [-0.1, -0.05) is 37.3 Å². The predicted molar refractivity (Wildman–Crippen MR) is 69.1 cm³/mol. The quantitative estimate of drug-likeness (QED) is 0.866. The van der Waals surface area contributed by atoms with Gasteiger partial charge in [0, 0.05) is 6.54 Å². The summed E-state index contributed by atoms with van der Waals surface area (Å²) in [6, 6.07) is 10.2. The van der Waals surface area contributed by atoms with Gasteiger partial charge in [-0.2, -0.15) is 0 Å². The fraction of sp³-hybridized carbons (Fsp3) is 0.429. The molecule has 1 N–H and O–H groups in total. The lowest BCUT2D eigenvalue weighted by atomic mass is 9.97. The minimum absolute atomic E-state index is 0.00913. The molecule has 1 saturated heterocycles. The molecule has 2 amide bonds. The van der Waals surface area contributed by atoms with Crippen molar-refractivity contribution in [1.29, 1.82) is 0 Å². The molecule has 96 valence electrons. The number of carbonyl (C=O) groups is 2. The van der Waals surface area contributed by atoms with Crippen LogP contribution in [0, 0.1) is 0 Å². The Morgan fingerprint density at radius 3 is 2.72 bits per heavy atom. The number of piperazine rings is 1. The Bertz CT molecular complexity index is 431. The number of hydrogen-bond donors (Lipinski definition) is 1. The van der Waals surface area contributed by atoms with Crippen molar-refractivity contribution in [3.63, 3.8) is 0 Å². The third kappa shape index (κ3) is 3.09. The van der Waals surface area contributed by atoms with Gasteiger partial charge >= 0.3 is 0 Å². The lowest BCUT2D eigenvalue weighted by Crippen LogP contribution is -2.51. The largest absolute Gasteiger partial charge is 0.345 e. The molecule has 18 heavy (non-hydrogen) atoms. The molecule has 1 heterocycles. The van der Waals surface area contributed by atoms with Crippen molar-refractivity contribution in [2.24, 2.45) is 0 Å². The molecule has 0 aromatic heterocycles. The summed E-state index contributed by atoms with van der Waals surface area (Å²) in [5.41, 5.74) is 1.27. The molecule has 4 nitrogen and oxygen atoms in total. The van der Waals surface area contributed by atoms with Gasteiger partial charge in [-0.3, -0.25) is 9.59 Å². The molecule has 1 fully saturated rings. The van der Waals surface area contributed by atoms with E-state index in [9.17, 15) is 9.59 Å². The minimum Gasteiger partial charge on any atom is -0.345 e. The number of benzene rings is 1. The maximum Gasteiger partial charge on any atom is 0.242 e. The van der Waals surface area contributed by atoms with Gasteiger partial charge in [0.15, 0.2) is 0 Å². The van der Waals surface area contributed by atoms with Gasteiger partial charge in [0.1, 0.15) is 0 Å². The number of carbonyl (C=O) groups excluding carboxylic acids is 2. The van der Waals surface area contributed by atoms with E-state index in [1.807, 2.05) is 18.2 Å². The second-order valence-corrected chi connectivity index (χ2v) is 4.69. The summed E-state index contributed by atoms with van der Waals surface area (Å²) < 4.78 is 0. The van der Waals surface area contributed by atoms with Gasteiger partial charge in [-0.15, -0.1) is 0 Å². The molecule has 0 saturated carbocycles. The van der Waals surface area contributed by atoms with Crippen LogP contribution in [0.5, 0.6) is 0 Å². The zero-order valence-corrected chi connectivity index (χ0v) is 10.6. The van der Waals surface area contributed by atoms with E-state index in [1.165, 1.54) is 5.56 Å². The topological polar surface area (TPSA) is 49.4 Å². The molecular formula is C14H18N2O2. The molecule has 4 heteroatoms. The molecule has 1 aromatic rings. The van der Waals surface area contributed by atoms with Gasteiger partial charge in [0.05, 0.1) is 13.1 Å². The van der Waals surface area contributed by atoms with Gasteiger partial charge in [-0.25, -0.2) is 0 Å². The Kier molecular flexibility index (Phi) is 3.97. The minimum atomic E-state index is -0.0676. The van der Waals surface area contributed by atoms with Crippen LogP contribution in [0.15, 0.2) is 30.3 Å². The van der Waals surface area contributed by atoms with Crippen LogP contribution in [0.4, 0.5) is 0 Å². The highest BCUT2D eigenvalue weighted by Crippen LogP contribution is 2.18. The first kappa shape index (κ1) is 12.6. The van der Waals surface area contributed by atoms with Crippen LogP contribution >= 0.6 is 0 Å². The van der Waals surface area contributed by atoms with E-state index in [-0.39, 0.29) is 24.9 Å². The van der Waals surface area contributed by atoms with Gasteiger partial charge in [-0.05, 0) is 17.9 Å². The van der Waals surface area contributed by atoms with E-state index in [0.29, 0.717) is 12.5 Å². The maximum atomic E-state index is 11.6. The summed E-state index contributed by atoms with van der Waals surface area (Å²) in [5.74, 6) is 0.334. The fourth-order valence-corrected chi connectivity index (χ4v) is 2.10. The summed E-state index contributed by atoms with van der Waals surface area (Å²) in [5, 5.41) is 2.55. The molecule has 0 radical (unpaired) electrons. The van der Waals surface area contributed by atoms with Gasteiger partial charge in [0.25, 0.3) is 0 Å². The molecule has 2 rings (SSSR count). The van der Waals surface area contributed by atoms with Crippen molar-refractivity contribution in [3.05, 3.63) is 35.9 Å². The fourth-order valence-electron chi connectivity index (χ4n) is 2.10. The van der Waals surface area contributed by atoms with Crippen LogP contribution in [0.25, 0.3) is 0 Å². The summed E-state index contributed by atoms with van der Waals surface area (Å²) in [6.07, 6.45) is 0.878.